The molecule has 11 heteroatoms. The van der Waals surface area contributed by atoms with E-state index in [1.54, 1.807) is 43.0 Å². The third kappa shape index (κ3) is 4.92. The van der Waals surface area contributed by atoms with Crippen molar-refractivity contribution < 1.29 is 23.9 Å². The number of anilines is 1. The molecule has 4 aromatic rings. The van der Waals surface area contributed by atoms with Crippen LogP contribution in [0.15, 0.2) is 81.0 Å². The van der Waals surface area contributed by atoms with Gasteiger partial charge >= 0.3 is 10.8 Å². The van der Waals surface area contributed by atoms with Crippen molar-refractivity contribution in [2.45, 2.75) is 43.1 Å². The van der Waals surface area contributed by atoms with Gasteiger partial charge in [0.15, 0.2) is 0 Å². The lowest BCUT2D eigenvalue weighted by molar-refractivity contribution is -0.123. The van der Waals surface area contributed by atoms with E-state index < -0.39 is 17.8 Å². The number of amides is 2. The number of thiazole rings is 1. The number of nitrogens with zero attached hydrogens (tertiary/aromatic N) is 1. The van der Waals surface area contributed by atoms with Gasteiger partial charge in [0.25, 0.3) is 0 Å². The Kier molecular flexibility index (Phi) is 7.69. The minimum atomic E-state index is -0.444. The van der Waals surface area contributed by atoms with Crippen LogP contribution in [0.4, 0.5) is 5.69 Å². The highest BCUT2D eigenvalue weighted by atomic mass is 79.9. The molecule has 7 atom stereocenters. The highest BCUT2D eigenvalue weighted by molar-refractivity contribution is 9.10. The second kappa shape index (κ2) is 11.8. The number of ether oxygens (including phenoxy) is 2. The standard InChI is InChI=1S/C36H31BrN2O6S2/c1-3-44-35(42)18-8-11-21(12-9-18)39-33(40)28-23-15-24(29(28)34(39)41)30-27(23)26(31-32(46-30)38-36(43)47-31)22-14-20(37)10-13-25(22)45-16-19-7-5-4-6-17(19)2/h4-14,23-24,26-30H,3,15-16H2,1-2H3,(H,38,43)/t23?,24?,26-,27?,28?,29?,30?/m1/s1. The maximum absolute atomic E-state index is 14.2. The molecule has 6 unspecified atom stereocenters. The molecule has 4 aliphatic rings. The molecule has 2 saturated carbocycles. The molecule has 2 bridgehead atoms. The highest BCUT2D eigenvalue weighted by Gasteiger charge is 2.69. The van der Waals surface area contributed by atoms with Gasteiger partial charge in [-0.1, -0.05) is 51.5 Å². The van der Waals surface area contributed by atoms with E-state index in [-0.39, 0.29) is 52.2 Å². The summed E-state index contributed by atoms with van der Waals surface area (Å²) in [5.41, 5.74) is 4.06. The number of aryl methyl sites for hydroxylation is 1. The van der Waals surface area contributed by atoms with E-state index in [0.29, 0.717) is 17.9 Å². The zero-order chi connectivity index (χ0) is 32.6. The largest absolute Gasteiger partial charge is 0.489 e. The van der Waals surface area contributed by atoms with Crippen molar-refractivity contribution in [2.75, 3.05) is 11.5 Å². The van der Waals surface area contributed by atoms with Crippen molar-refractivity contribution in [3.63, 3.8) is 0 Å². The van der Waals surface area contributed by atoms with Gasteiger partial charge in [-0.15, -0.1) is 11.8 Å². The van der Waals surface area contributed by atoms with Crippen molar-refractivity contribution in [2.24, 2.45) is 29.6 Å². The summed E-state index contributed by atoms with van der Waals surface area (Å²) in [4.78, 5) is 58.5. The topological polar surface area (TPSA) is 106 Å². The first-order valence-electron chi connectivity index (χ1n) is 15.8. The monoisotopic (exact) mass is 730 g/mol. The number of rotatable bonds is 7. The smallest absolute Gasteiger partial charge is 0.338 e. The molecular weight excluding hydrogens is 700 g/mol. The lowest BCUT2D eigenvalue weighted by atomic mass is 9.68. The molecule has 1 saturated heterocycles. The second-order valence-corrected chi connectivity index (χ2v) is 15.8. The molecule has 3 aromatic carbocycles. The van der Waals surface area contributed by atoms with E-state index in [0.717, 1.165) is 43.2 Å². The highest BCUT2D eigenvalue weighted by Crippen LogP contribution is 2.69. The first-order chi connectivity index (χ1) is 22.7. The van der Waals surface area contributed by atoms with Crippen LogP contribution in [-0.4, -0.2) is 34.6 Å². The maximum atomic E-state index is 14.2. The number of nitrogens with one attached hydrogen (secondary N) is 1. The molecule has 0 radical (unpaired) electrons. The summed E-state index contributed by atoms with van der Waals surface area (Å²) < 4.78 is 12.5. The lowest BCUT2D eigenvalue weighted by Gasteiger charge is -2.43. The van der Waals surface area contributed by atoms with E-state index in [1.807, 2.05) is 24.3 Å². The van der Waals surface area contributed by atoms with Gasteiger partial charge in [-0.3, -0.25) is 19.3 Å². The number of benzene rings is 3. The normalized spacial score (nSPS) is 27.0. The van der Waals surface area contributed by atoms with Gasteiger partial charge in [-0.05, 0) is 91.6 Å². The number of fused-ring (bicyclic) bond motifs is 9. The summed E-state index contributed by atoms with van der Waals surface area (Å²) >= 11 is 6.58. The third-order valence-corrected chi connectivity index (χ3v) is 13.4. The predicted octanol–water partition coefficient (Wildman–Crippen LogP) is 6.94. The summed E-state index contributed by atoms with van der Waals surface area (Å²) in [5, 5.41) is 0.901. The Hall–Kier alpha value is -3.67. The number of aromatic amines is 1. The zero-order valence-electron chi connectivity index (χ0n) is 25.6. The first kappa shape index (κ1) is 30.7. The van der Waals surface area contributed by atoms with Gasteiger partial charge in [0, 0.05) is 26.1 Å². The molecular formula is C36H31BrN2O6S2. The fourth-order valence-electron chi connectivity index (χ4n) is 8.40. The number of hydrogen-bond donors (Lipinski definition) is 1. The summed E-state index contributed by atoms with van der Waals surface area (Å²) in [6, 6.07) is 20.7. The van der Waals surface area contributed by atoms with E-state index in [4.69, 9.17) is 9.47 Å². The number of aromatic nitrogens is 1. The number of hydrogen-bond acceptors (Lipinski definition) is 8. The van der Waals surface area contributed by atoms with Crippen molar-refractivity contribution in [3.8, 4) is 5.75 Å². The van der Waals surface area contributed by atoms with E-state index >= 15 is 0 Å². The number of esters is 1. The first-order valence-corrected chi connectivity index (χ1v) is 18.3. The molecule has 1 aromatic heterocycles. The number of carbonyl (C=O) groups is 3. The maximum Gasteiger partial charge on any atom is 0.338 e. The van der Waals surface area contributed by atoms with Gasteiger partial charge in [0.05, 0.1) is 34.7 Å². The predicted molar refractivity (Wildman–Crippen MR) is 183 cm³/mol. The second-order valence-electron chi connectivity index (χ2n) is 12.6. The molecule has 8 nitrogen and oxygen atoms in total. The van der Waals surface area contributed by atoms with Crippen LogP contribution in [0.1, 0.15) is 51.2 Å². The average Bonchev–Trinajstić information content (AvgIpc) is 3.80. The Morgan fingerprint density at radius 3 is 2.49 bits per heavy atom. The van der Waals surface area contributed by atoms with Crippen LogP contribution >= 0.6 is 39.0 Å². The average molecular weight is 732 g/mol. The van der Waals surface area contributed by atoms with Gasteiger partial charge in [0.2, 0.25) is 11.8 Å². The number of H-pyrrole nitrogens is 1. The Balaban J connectivity index is 1.16. The molecule has 2 aliphatic heterocycles. The molecule has 8 rings (SSSR count). The van der Waals surface area contributed by atoms with E-state index in [2.05, 4.69) is 46.0 Å². The minimum Gasteiger partial charge on any atom is -0.489 e. The van der Waals surface area contributed by atoms with E-state index in [1.165, 1.54) is 16.2 Å². The molecule has 2 amide bonds. The Bertz CT molecular complexity index is 1990. The van der Waals surface area contributed by atoms with Crippen molar-refractivity contribution >= 4 is 62.5 Å². The fourth-order valence-corrected chi connectivity index (χ4v) is 11.7. The molecule has 0 spiro atoms. The van der Waals surface area contributed by atoms with Crippen molar-refractivity contribution in [3.05, 3.63) is 108 Å². The van der Waals surface area contributed by atoms with Crippen LogP contribution in [0, 0.1) is 36.5 Å². The summed E-state index contributed by atoms with van der Waals surface area (Å²) in [7, 11) is 0. The van der Waals surface area contributed by atoms with Gasteiger partial charge < -0.3 is 14.5 Å². The SMILES string of the molecule is CCOC(=O)c1ccc(N2C(=O)C3C4CC(C3C2=O)C2C4Sc3[nH]c(=O)sc3[C@@H]2c2cc(Br)ccc2OCc2ccccc2C)cc1. The quantitative estimate of drug-likeness (QED) is 0.162. The van der Waals surface area contributed by atoms with E-state index in [9.17, 15) is 19.2 Å². The van der Waals surface area contributed by atoms with Crippen LogP contribution in [0.2, 0.25) is 0 Å². The molecule has 240 valence electrons. The van der Waals surface area contributed by atoms with Crippen LogP contribution in [0.5, 0.6) is 5.75 Å². The molecule has 1 N–H and O–H groups in total. The lowest BCUT2D eigenvalue weighted by Crippen LogP contribution is -2.42. The number of carbonyl (C=O) groups excluding carboxylic acids is 3. The molecule has 47 heavy (non-hydrogen) atoms. The Morgan fingerprint density at radius 1 is 1.00 bits per heavy atom. The van der Waals surface area contributed by atoms with Crippen LogP contribution in [-0.2, 0) is 20.9 Å². The van der Waals surface area contributed by atoms with Crippen molar-refractivity contribution in [1.29, 1.82) is 0 Å². The third-order valence-electron chi connectivity index (χ3n) is 10.3. The summed E-state index contributed by atoms with van der Waals surface area (Å²) in [6.45, 7) is 4.48. The Labute approximate surface area is 288 Å². The van der Waals surface area contributed by atoms with Gasteiger partial charge in [-0.25, -0.2) is 4.79 Å². The van der Waals surface area contributed by atoms with Crippen LogP contribution < -0.4 is 14.5 Å². The zero-order valence-corrected chi connectivity index (χ0v) is 28.8. The van der Waals surface area contributed by atoms with Gasteiger partial charge in [-0.2, -0.15) is 0 Å². The van der Waals surface area contributed by atoms with Gasteiger partial charge in [0.1, 0.15) is 12.4 Å². The Morgan fingerprint density at radius 2 is 1.74 bits per heavy atom. The molecule has 3 fully saturated rings. The molecule has 3 heterocycles. The van der Waals surface area contributed by atoms with Crippen molar-refractivity contribution in [1.82, 2.24) is 4.98 Å². The van der Waals surface area contributed by atoms with Crippen LogP contribution in [0.25, 0.3) is 0 Å². The molecule has 2 aliphatic carbocycles. The number of halogens is 1. The summed E-state index contributed by atoms with van der Waals surface area (Å²) in [6.07, 6.45) is 0.786. The number of thioether (sulfide) groups is 1. The fraction of sp³-hybridized carbons (Fsp3) is 0.333. The summed E-state index contributed by atoms with van der Waals surface area (Å²) in [5.74, 6) is -1.12. The number of imide groups is 1. The van der Waals surface area contributed by atoms with Crippen LogP contribution in [0.3, 0.4) is 0 Å². The minimum absolute atomic E-state index is 0.0113.